The smallest absolute Gasteiger partial charge is 0.124 e. The first-order valence-electron chi connectivity index (χ1n) is 7.29. The van der Waals surface area contributed by atoms with Gasteiger partial charge in [0.2, 0.25) is 0 Å². The van der Waals surface area contributed by atoms with Crippen LogP contribution in [0.3, 0.4) is 0 Å². The van der Waals surface area contributed by atoms with Crippen LogP contribution in [0.4, 0.5) is 0 Å². The van der Waals surface area contributed by atoms with Gasteiger partial charge in [-0.05, 0) is 44.5 Å². The molecule has 21 heavy (non-hydrogen) atoms. The molecule has 0 amide bonds. The standard InChI is InChI=1S/C18H22ClNO/c1-13(2)21-18-7-5-4-6-17(18)14(3)20-12-15-8-10-16(19)11-9-15/h4-11,13-14,20H,12H2,1-3H3. The van der Waals surface area contributed by atoms with Crippen molar-refractivity contribution >= 4 is 11.6 Å². The largest absolute Gasteiger partial charge is 0.491 e. The van der Waals surface area contributed by atoms with Gasteiger partial charge < -0.3 is 10.1 Å². The minimum Gasteiger partial charge on any atom is -0.491 e. The van der Waals surface area contributed by atoms with Crippen molar-refractivity contribution in [1.29, 1.82) is 0 Å². The highest BCUT2D eigenvalue weighted by atomic mass is 35.5. The van der Waals surface area contributed by atoms with Crippen LogP contribution < -0.4 is 10.1 Å². The maximum atomic E-state index is 5.90. The Bertz CT molecular complexity index is 566. The van der Waals surface area contributed by atoms with E-state index in [2.05, 4.69) is 18.3 Å². The molecule has 2 rings (SSSR count). The highest BCUT2D eigenvalue weighted by Gasteiger charge is 2.11. The summed E-state index contributed by atoms with van der Waals surface area (Å²) in [5.41, 5.74) is 2.40. The van der Waals surface area contributed by atoms with Gasteiger partial charge in [0.05, 0.1) is 6.10 Å². The lowest BCUT2D eigenvalue weighted by atomic mass is 10.1. The molecule has 1 N–H and O–H groups in total. The molecule has 0 saturated carbocycles. The summed E-state index contributed by atoms with van der Waals surface area (Å²) < 4.78 is 5.88. The average molecular weight is 304 g/mol. The fourth-order valence-electron chi connectivity index (χ4n) is 2.18. The predicted octanol–water partition coefficient (Wildman–Crippen LogP) is 4.98. The molecule has 2 aromatic rings. The zero-order chi connectivity index (χ0) is 15.2. The first-order chi connectivity index (χ1) is 10.1. The van der Waals surface area contributed by atoms with Crippen molar-refractivity contribution in [3.63, 3.8) is 0 Å². The van der Waals surface area contributed by atoms with E-state index < -0.39 is 0 Å². The van der Waals surface area contributed by atoms with Gasteiger partial charge in [-0.3, -0.25) is 0 Å². The minimum atomic E-state index is 0.176. The summed E-state index contributed by atoms with van der Waals surface area (Å²) in [6.07, 6.45) is 0.176. The maximum Gasteiger partial charge on any atom is 0.124 e. The van der Waals surface area contributed by atoms with Crippen molar-refractivity contribution in [2.75, 3.05) is 0 Å². The molecular formula is C18H22ClNO. The molecule has 0 aliphatic heterocycles. The van der Waals surface area contributed by atoms with E-state index in [0.29, 0.717) is 0 Å². The Morgan fingerprint density at radius 3 is 2.33 bits per heavy atom. The highest BCUT2D eigenvalue weighted by molar-refractivity contribution is 6.30. The van der Waals surface area contributed by atoms with E-state index in [1.807, 2.05) is 56.3 Å². The number of para-hydroxylation sites is 1. The molecule has 3 heteroatoms. The molecule has 0 aromatic heterocycles. The van der Waals surface area contributed by atoms with Crippen molar-refractivity contribution in [3.8, 4) is 5.75 Å². The third-order valence-electron chi connectivity index (χ3n) is 3.27. The summed E-state index contributed by atoms with van der Waals surface area (Å²) in [5, 5.41) is 4.29. The van der Waals surface area contributed by atoms with E-state index in [9.17, 15) is 0 Å². The minimum absolute atomic E-state index is 0.176. The highest BCUT2D eigenvalue weighted by Crippen LogP contribution is 2.26. The summed E-state index contributed by atoms with van der Waals surface area (Å²) in [7, 11) is 0. The van der Waals surface area contributed by atoms with Crippen LogP contribution in [0, 0.1) is 0 Å². The van der Waals surface area contributed by atoms with Crippen LogP contribution in [0.15, 0.2) is 48.5 Å². The summed E-state index contributed by atoms with van der Waals surface area (Å²) in [6.45, 7) is 7.04. The van der Waals surface area contributed by atoms with Gasteiger partial charge in [-0.15, -0.1) is 0 Å². The van der Waals surface area contributed by atoms with E-state index in [0.717, 1.165) is 17.3 Å². The van der Waals surface area contributed by atoms with Crippen molar-refractivity contribution in [2.45, 2.75) is 39.5 Å². The predicted molar refractivity (Wildman–Crippen MR) is 88.9 cm³/mol. The van der Waals surface area contributed by atoms with Gasteiger partial charge in [0.15, 0.2) is 0 Å². The van der Waals surface area contributed by atoms with Crippen LogP contribution in [-0.4, -0.2) is 6.10 Å². The van der Waals surface area contributed by atoms with E-state index >= 15 is 0 Å². The Kier molecular flexibility index (Phi) is 5.66. The van der Waals surface area contributed by atoms with Crippen LogP contribution in [0.1, 0.15) is 37.9 Å². The maximum absolute atomic E-state index is 5.90. The van der Waals surface area contributed by atoms with Crippen molar-refractivity contribution in [2.24, 2.45) is 0 Å². The van der Waals surface area contributed by atoms with E-state index in [1.54, 1.807) is 0 Å². The lowest BCUT2D eigenvalue weighted by Gasteiger charge is -2.20. The van der Waals surface area contributed by atoms with Gasteiger partial charge in [-0.1, -0.05) is 41.9 Å². The van der Waals surface area contributed by atoms with Crippen LogP contribution in [0.2, 0.25) is 5.02 Å². The van der Waals surface area contributed by atoms with E-state index in [-0.39, 0.29) is 12.1 Å². The number of hydrogen-bond acceptors (Lipinski definition) is 2. The summed E-state index contributed by atoms with van der Waals surface area (Å²) >= 11 is 5.90. The van der Waals surface area contributed by atoms with Crippen molar-refractivity contribution < 1.29 is 4.74 Å². The molecule has 0 saturated heterocycles. The van der Waals surface area contributed by atoms with E-state index in [1.165, 1.54) is 11.1 Å². The molecule has 0 heterocycles. The molecule has 2 nitrogen and oxygen atoms in total. The zero-order valence-electron chi connectivity index (χ0n) is 12.8. The Balaban J connectivity index is 2.03. The number of ether oxygens (including phenoxy) is 1. The fraction of sp³-hybridized carbons (Fsp3) is 0.333. The topological polar surface area (TPSA) is 21.3 Å². The molecule has 0 fully saturated rings. The second kappa shape index (κ2) is 7.48. The summed E-state index contributed by atoms with van der Waals surface area (Å²) in [5.74, 6) is 0.948. The monoisotopic (exact) mass is 303 g/mol. The third-order valence-corrected chi connectivity index (χ3v) is 3.53. The molecule has 0 bridgehead atoms. The molecule has 2 aromatic carbocycles. The van der Waals surface area contributed by atoms with Crippen LogP contribution in [-0.2, 0) is 6.54 Å². The Morgan fingerprint density at radius 1 is 1.00 bits per heavy atom. The normalized spacial score (nSPS) is 12.4. The van der Waals surface area contributed by atoms with Crippen LogP contribution >= 0.6 is 11.6 Å². The van der Waals surface area contributed by atoms with Crippen molar-refractivity contribution in [1.82, 2.24) is 5.32 Å². The lowest BCUT2D eigenvalue weighted by molar-refractivity contribution is 0.238. The molecule has 0 aliphatic carbocycles. The molecular weight excluding hydrogens is 282 g/mol. The number of nitrogens with one attached hydrogen (secondary N) is 1. The summed E-state index contributed by atoms with van der Waals surface area (Å²) in [6, 6.07) is 16.3. The fourth-order valence-corrected chi connectivity index (χ4v) is 2.31. The SMILES string of the molecule is CC(C)Oc1ccccc1C(C)NCc1ccc(Cl)cc1. The quantitative estimate of drug-likeness (QED) is 0.813. The lowest BCUT2D eigenvalue weighted by Crippen LogP contribution is -2.19. The third kappa shape index (κ3) is 4.76. The van der Waals surface area contributed by atoms with E-state index in [4.69, 9.17) is 16.3 Å². The Labute approximate surface area is 132 Å². The molecule has 0 aliphatic rings. The first kappa shape index (κ1) is 15.9. The zero-order valence-corrected chi connectivity index (χ0v) is 13.5. The second-order valence-corrected chi connectivity index (χ2v) is 5.87. The van der Waals surface area contributed by atoms with Crippen LogP contribution in [0.25, 0.3) is 0 Å². The van der Waals surface area contributed by atoms with Gasteiger partial charge in [-0.2, -0.15) is 0 Å². The summed E-state index contributed by atoms with van der Waals surface area (Å²) in [4.78, 5) is 0. The molecule has 0 radical (unpaired) electrons. The van der Waals surface area contributed by atoms with Crippen molar-refractivity contribution in [3.05, 3.63) is 64.7 Å². The first-order valence-corrected chi connectivity index (χ1v) is 7.67. The molecule has 112 valence electrons. The Hall–Kier alpha value is -1.51. The molecule has 1 unspecified atom stereocenters. The van der Waals surface area contributed by atoms with Gasteiger partial charge in [-0.25, -0.2) is 0 Å². The van der Waals surface area contributed by atoms with Gasteiger partial charge >= 0.3 is 0 Å². The van der Waals surface area contributed by atoms with Gasteiger partial charge in [0.25, 0.3) is 0 Å². The molecule has 1 atom stereocenters. The average Bonchev–Trinajstić information content (AvgIpc) is 2.46. The van der Waals surface area contributed by atoms with Gasteiger partial charge in [0, 0.05) is 23.2 Å². The number of benzene rings is 2. The number of hydrogen-bond donors (Lipinski definition) is 1. The Morgan fingerprint density at radius 2 is 1.67 bits per heavy atom. The number of halogens is 1. The van der Waals surface area contributed by atoms with Crippen LogP contribution in [0.5, 0.6) is 5.75 Å². The van der Waals surface area contributed by atoms with Gasteiger partial charge in [0.1, 0.15) is 5.75 Å². The molecule has 0 spiro atoms. The second-order valence-electron chi connectivity index (χ2n) is 5.43. The number of rotatable bonds is 6.